The number of hydrogen-bond donors (Lipinski definition) is 2. The Morgan fingerprint density at radius 1 is 1.47 bits per heavy atom. The van der Waals surface area contributed by atoms with E-state index in [0.717, 1.165) is 5.52 Å². The van der Waals surface area contributed by atoms with E-state index < -0.39 is 0 Å². The van der Waals surface area contributed by atoms with Crippen molar-refractivity contribution in [2.24, 2.45) is 0 Å². The highest BCUT2D eigenvalue weighted by atomic mass is 35.5. The van der Waals surface area contributed by atoms with Crippen LogP contribution >= 0.6 is 12.4 Å². The van der Waals surface area contributed by atoms with Gasteiger partial charge in [0.1, 0.15) is 5.82 Å². The van der Waals surface area contributed by atoms with E-state index in [9.17, 15) is 9.18 Å². The molecule has 17 heavy (non-hydrogen) atoms. The van der Waals surface area contributed by atoms with Crippen LogP contribution in [0.1, 0.15) is 17.3 Å². The number of nitrogens with one attached hydrogen (secondary N) is 2. The zero-order chi connectivity index (χ0) is 11.7. The SMILES string of the molecule is CNC(C)C(=O)c1c[nH]c2ccc(F)cc12.Cl. The Hall–Kier alpha value is -1.39. The van der Waals surface area contributed by atoms with Crippen LogP contribution in [0.15, 0.2) is 24.4 Å². The van der Waals surface area contributed by atoms with Crippen molar-refractivity contribution in [3.63, 3.8) is 0 Å². The van der Waals surface area contributed by atoms with Crippen molar-refractivity contribution in [2.45, 2.75) is 13.0 Å². The van der Waals surface area contributed by atoms with E-state index in [-0.39, 0.29) is 30.0 Å². The fourth-order valence-corrected chi connectivity index (χ4v) is 1.66. The van der Waals surface area contributed by atoms with Gasteiger partial charge in [-0.05, 0) is 32.2 Å². The van der Waals surface area contributed by atoms with Gasteiger partial charge in [-0.1, -0.05) is 0 Å². The summed E-state index contributed by atoms with van der Waals surface area (Å²) in [6.45, 7) is 1.78. The van der Waals surface area contributed by atoms with Crippen molar-refractivity contribution < 1.29 is 9.18 Å². The zero-order valence-electron chi connectivity index (χ0n) is 9.58. The quantitative estimate of drug-likeness (QED) is 0.829. The number of fused-ring (bicyclic) bond motifs is 1. The fourth-order valence-electron chi connectivity index (χ4n) is 1.66. The summed E-state index contributed by atoms with van der Waals surface area (Å²) in [6.07, 6.45) is 1.63. The van der Waals surface area contributed by atoms with E-state index in [1.807, 2.05) is 0 Å². The Balaban J connectivity index is 0.00000144. The smallest absolute Gasteiger partial charge is 0.181 e. The molecule has 2 aromatic rings. The van der Waals surface area contributed by atoms with Gasteiger partial charge in [-0.25, -0.2) is 4.39 Å². The van der Waals surface area contributed by atoms with E-state index >= 15 is 0 Å². The van der Waals surface area contributed by atoms with Gasteiger partial charge in [0, 0.05) is 22.7 Å². The minimum atomic E-state index is -0.335. The predicted molar refractivity (Wildman–Crippen MR) is 68.4 cm³/mol. The van der Waals surface area contributed by atoms with Crippen molar-refractivity contribution in [1.29, 1.82) is 0 Å². The minimum Gasteiger partial charge on any atom is -0.360 e. The Kier molecular flexibility index (Phi) is 4.26. The van der Waals surface area contributed by atoms with Gasteiger partial charge in [0.05, 0.1) is 6.04 Å². The summed E-state index contributed by atoms with van der Waals surface area (Å²) >= 11 is 0. The van der Waals surface area contributed by atoms with Crippen LogP contribution in [0.3, 0.4) is 0 Å². The average Bonchev–Trinajstić information content (AvgIpc) is 2.69. The second-order valence-corrected chi connectivity index (χ2v) is 3.77. The average molecular weight is 257 g/mol. The number of benzene rings is 1. The first-order chi connectivity index (χ1) is 7.63. The maximum Gasteiger partial charge on any atom is 0.181 e. The summed E-state index contributed by atoms with van der Waals surface area (Å²) in [5.74, 6) is -0.377. The predicted octanol–water partition coefficient (Wildman–Crippen LogP) is 2.52. The molecule has 0 aliphatic heterocycles. The molecule has 0 aliphatic rings. The molecule has 0 saturated heterocycles. The number of aromatic amines is 1. The highest BCUT2D eigenvalue weighted by Crippen LogP contribution is 2.20. The molecule has 0 spiro atoms. The third-order valence-electron chi connectivity index (χ3n) is 2.74. The van der Waals surface area contributed by atoms with Crippen molar-refractivity contribution in [3.05, 3.63) is 35.8 Å². The van der Waals surface area contributed by atoms with Crippen molar-refractivity contribution in [2.75, 3.05) is 7.05 Å². The van der Waals surface area contributed by atoms with Crippen molar-refractivity contribution in [1.82, 2.24) is 10.3 Å². The minimum absolute atomic E-state index is 0. The van der Waals surface area contributed by atoms with Crippen LogP contribution in [-0.2, 0) is 0 Å². The number of ketones is 1. The first kappa shape index (κ1) is 13.7. The van der Waals surface area contributed by atoms with Gasteiger partial charge < -0.3 is 10.3 Å². The van der Waals surface area contributed by atoms with Crippen molar-refractivity contribution in [3.8, 4) is 0 Å². The molecule has 0 radical (unpaired) electrons. The number of carbonyl (C=O) groups is 1. The molecule has 5 heteroatoms. The maximum absolute atomic E-state index is 13.1. The Labute approximate surface area is 105 Å². The van der Waals surface area contributed by atoms with Gasteiger partial charge in [0.15, 0.2) is 5.78 Å². The molecule has 1 aromatic carbocycles. The van der Waals surface area contributed by atoms with Crippen LogP contribution in [0.4, 0.5) is 4.39 Å². The van der Waals surface area contributed by atoms with E-state index in [1.54, 1.807) is 26.2 Å². The topological polar surface area (TPSA) is 44.9 Å². The number of Topliss-reactive ketones (excluding diaryl/α,β-unsaturated/α-hetero) is 1. The van der Waals surface area contributed by atoms with E-state index in [2.05, 4.69) is 10.3 Å². The zero-order valence-corrected chi connectivity index (χ0v) is 10.4. The third-order valence-corrected chi connectivity index (χ3v) is 2.74. The van der Waals surface area contributed by atoms with Gasteiger partial charge in [-0.15, -0.1) is 12.4 Å². The fraction of sp³-hybridized carbons (Fsp3) is 0.250. The van der Waals surface area contributed by atoms with Crippen LogP contribution in [-0.4, -0.2) is 23.9 Å². The number of aromatic nitrogens is 1. The van der Waals surface area contributed by atoms with Gasteiger partial charge in [-0.3, -0.25) is 4.79 Å². The molecule has 1 atom stereocenters. The van der Waals surface area contributed by atoms with Crippen LogP contribution in [0.2, 0.25) is 0 Å². The standard InChI is InChI=1S/C12H13FN2O.ClH/c1-7(14-2)12(16)10-6-15-11-4-3-8(13)5-9(10)11;/h3-7,14-15H,1-2H3;1H. The lowest BCUT2D eigenvalue weighted by Crippen LogP contribution is -2.30. The Morgan fingerprint density at radius 2 is 2.18 bits per heavy atom. The molecule has 92 valence electrons. The van der Waals surface area contributed by atoms with E-state index in [1.165, 1.54) is 12.1 Å². The summed E-state index contributed by atoms with van der Waals surface area (Å²) in [5.41, 5.74) is 1.30. The number of halogens is 2. The first-order valence-corrected chi connectivity index (χ1v) is 5.11. The van der Waals surface area contributed by atoms with Gasteiger partial charge in [0.2, 0.25) is 0 Å². The van der Waals surface area contributed by atoms with E-state index in [4.69, 9.17) is 0 Å². The molecular weight excluding hydrogens is 243 g/mol. The second kappa shape index (κ2) is 5.29. The summed E-state index contributed by atoms with van der Waals surface area (Å²) in [7, 11) is 1.72. The van der Waals surface area contributed by atoms with Gasteiger partial charge in [0.25, 0.3) is 0 Å². The third kappa shape index (κ3) is 2.48. The maximum atomic E-state index is 13.1. The summed E-state index contributed by atoms with van der Waals surface area (Å²) in [5, 5.41) is 3.51. The highest BCUT2D eigenvalue weighted by Gasteiger charge is 2.17. The lowest BCUT2D eigenvalue weighted by atomic mass is 10.0. The number of carbonyl (C=O) groups excluding carboxylic acids is 1. The summed E-state index contributed by atoms with van der Waals surface area (Å²) in [4.78, 5) is 14.9. The molecule has 2 N–H and O–H groups in total. The number of hydrogen-bond acceptors (Lipinski definition) is 2. The van der Waals surface area contributed by atoms with Crippen LogP contribution in [0.5, 0.6) is 0 Å². The molecule has 0 bridgehead atoms. The van der Waals surface area contributed by atoms with Gasteiger partial charge >= 0.3 is 0 Å². The lowest BCUT2D eigenvalue weighted by molar-refractivity contribution is 0.0956. The molecule has 0 saturated carbocycles. The molecule has 2 rings (SSSR count). The monoisotopic (exact) mass is 256 g/mol. The number of rotatable bonds is 3. The largest absolute Gasteiger partial charge is 0.360 e. The highest BCUT2D eigenvalue weighted by molar-refractivity contribution is 6.10. The second-order valence-electron chi connectivity index (χ2n) is 3.77. The van der Waals surface area contributed by atoms with Gasteiger partial charge in [-0.2, -0.15) is 0 Å². The van der Waals surface area contributed by atoms with Crippen LogP contribution in [0, 0.1) is 5.82 Å². The molecule has 3 nitrogen and oxygen atoms in total. The molecule has 0 fully saturated rings. The molecular formula is C12H14ClFN2O. The summed E-state index contributed by atoms with van der Waals surface area (Å²) < 4.78 is 13.1. The Bertz CT molecular complexity index is 538. The lowest BCUT2D eigenvalue weighted by Gasteiger charge is -2.07. The summed E-state index contributed by atoms with van der Waals surface area (Å²) in [6, 6.07) is 4.10. The molecule has 1 heterocycles. The number of H-pyrrole nitrogens is 1. The molecule has 1 unspecified atom stereocenters. The Morgan fingerprint density at radius 3 is 2.82 bits per heavy atom. The normalized spacial score (nSPS) is 12.2. The molecule has 0 aliphatic carbocycles. The molecule has 1 aromatic heterocycles. The number of likely N-dealkylation sites (N-methyl/N-ethyl adjacent to an activating group) is 1. The van der Waals surface area contributed by atoms with Crippen LogP contribution in [0.25, 0.3) is 10.9 Å². The van der Waals surface area contributed by atoms with E-state index in [0.29, 0.717) is 10.9 Å². The first-order valence-electron chi connectivity index (χ1n) is 5.11. The molecule has 0 amide bonds. The van der Waals surface area contributed by atoms with Crippen LogP contribution < -0.4 is 5.32 Å². The van der Waals surface area contributed by atoms with Crippen molar-refractivity contribution >= 4 is 29.1 Å².